The summed E-state index contributed by atoms with van der Waals surface area (Å²) in [4.78, 5) is 4.30. The van der Waals surface area contributed by atoms with Crippen LogP contribution in [0.1, 0.15) is 63.9 Å². The Labute approximate surface area is 102 Å². The molecule has 0 aliphatic carbocycles. The van der Waals surface area contributed by atoms with Gasteiger partial charge >= 0.3 is 0 Å². The fourth-order valence-electron chi connectivity index (χ4n) is 2.33. The first-order valence-electron chi connectivity index (χ1n) is 6.33. The van der Waals surface area contributed by atoms with Crippen LogP contribution in [0.25, 0.3) is 5.57 Å². The molecule has 0 N–H and O–H groups in total. The first-order valence-corrected chi connectivity index (χ1v) is 6.33. The molecule has 2 unspecified atom stereocenters. The maximum atomic E-state index is 13.8. The highest BCUT2D eigenvalue weighted by atomic mass is 19.1. The highest BCUT2D eigenvalue weighted by molar-refractivity contribution is 5.56. The Balaban J connectivity index is 2.29. The SMILES string of the molecule is C=C(CCC)c1nc2n(n1)C(C(C)C)CC2F. The van der Waals surface area contributed by atoms with E-state index in [0.717, 1.165) is 18.4 Å². The van der Waals surface area contributed by atoms with Gasteiger partial charge in [-0.15, -0.1) is 0 Å². The number of nitrogens with zero attached hydrogens (tertiary/aromatic N) is 3. The Hall–Kier alpha value is -1.19. The van der Waals surface area contributed by atoms with Crippen molar-refractivity contribution in [1.29, 1.82) is 0 Å². The van der Waals surface area contributed by atoms with E-state index >= 15 is 0 Å². The molecule has 94 valence electrons. The number of alkyl halides is 1. The highest BCUT2D eigenvalue weighted by Gasteiger charge is 2.36. The Kier molecular flexibility index (Phi) is 3.31. The lowest BCUT2D eigenvalue weighted by atomic mass is 10.0. The Morgan fingerprint density at radius 2 is 2.29 bits per heavy atom. The molecule has 2 heterocycles. The van der Waals surface area contributed by atoms with Gasteiger partial charge in [-0.05, 0) is 17.9 Å². The van der Waals surface area contributed by atoms with E-state index in [1.54, 1.807) is 4.68 Å². The molecule has 2 rings (SSSR count). The first kappa shape index (κ1) is 12.3. The average Bonchev–Trinajstić information content (AvgIpc) is 2.80. The summed E-state index contributed by atoms with van der Waals surface area (Å²) in [6.45, 7) is 10.2. The van der Waals surface area contributed by atoms with E-state index < -0.39 is 6.17 Å². The van der Waals surface area contributed by atoms with Crippen LogP contribution < -0.4 is 0 Å². The molecular weight excluding hydrogens is 217 g/mol. The average molecular weight is 237 g/mol. The Bertz CT molecular complexity index is 422. The molecule has 1 aliphatic rings. The van der Waals surface area contributed by atoms with Crippen LogP contribution in [0.15, 0.2) is 6.58 Å². The second-order valence-electron chi connectivity index (χ2n) is 5.11. The summed E-state index contributed by atoms with van der Waals surface area (Å²) in [5.41, 5.74) is 0.907. The topological polar surface area (TPSA) is 30.7 Å². The predicted molar refractivity (Wildman–Crippen MR) is 66.3 cm³/mol. The van der Waals surface area contributed by atoms with Crippen molar-refractivity contribution >= 4 is 5.57 Å². The van der Waals surface area contributed by atoms with Crippen LogP contribution in [0, 0.1) is 5.92 Å². The van der Waals surface area contributed by atoms with Crippen molar-refractivity contribution in [2.45, 2.75) is 52.2 Å². The molecule has 0 saturated carbocycles. The van der Waals surface area contributed by atoms with Gasteiger partial charge in [0.2, 0.25) is 0 Å². The predicted octanol–water partition coefficient (Wildman–Crippen LogP) is 3.70. The van der Waals surface area contributed by atoms with Gasteiger partial charge < -0.3 is 0 Å². The summed E-state index contributed by atoms with van der Waals surface area (Å²) >= 11 is 0. The number of fused-ring (bicyclic) bond motifs is 1. The Morgan fingerprint density at radius 1 is 1.59 bits per heavy atom. The number of aromatic nitrogens is 3. The van der Waals surface area contributed by atoms with Gasteiger partial charge in [-0.3, -0.25) is 0 Å². The van der Waals surface area contributed by atoms with Crippen molar-refractivity contribution in [3.63, 3.8) is 0 Å². The van der Waals surface area contributed by atoms with Crippen molar-refractivity contribution < 1.29 is 4.39 Å². The summed E-state index contributed by atoms with van der Waals surface area (Å²) in [5.74, 6) is 1.48. The van der Waals surface area contributed by atoms with E-state index in [4.69, 9.17) is 0 Å². The van der Waals surface area contributed by atoms with Crippen LogP contribution in [0.2, 0.25) is 0 Å². The second kappa shape index (κ2) is 4.59. The molecule has 0 spiro atoms. The number of halogens is 1. The highest BCUT2D eigenvalue weighted by Crippen LogP contribution is 2.39. The third kappa shape index (κ3) is 2.13. The summed E-state index contributed by atoms with van der Waals surface area (Å²) in [5, 5.41) is 4.43. The molecule has 1 aromatic rings. The summed E-state index contributed by atoms with van der Waals surface area (Å²) < 4.78 is 15.6. The quantitative estimate of drug-likeness (QED) is 0.799. The maximum absolute atomic E-state index is 13.8. The normalized spacial score (nSPS) is 23.1. The van der Waals surface area contributed by atoms with Gasteiger partial charge in [-0.1, -0.05) is 33.8 Å². The largest absolute Gasteiger partial charge is 0.243 e. The number of allylic oxidation sites excluding steroid dienone is 1. The summed E-state index contributed by atoms with van der Waals surface area (Å²) in [6, 6.07) is 0.135. The smallest absolute Gasteiger partial charge is 0.176 e. The molecule has 17 heavy (non-hydrogen) atoms. The molecule has 2 atom stereocenters. The molecule has 4 heteroatoms. The molecule has 0 bridgehead atoms. The fraction of sp³-hybridized carbons (Fsp3) is 0.692. The summed E-state index contributed by atoms with van der Waals surface area (Å²) in [6.07, 6.45) is 1.41. The minimum Gasteiger partial charge on any atom is -0.243 e. The molecule has 3 nitrogen and oxygen atoms in total. The first-order chi connectivity index (χ1) is 8.04. The van der Waals surface area contributed by atoms with E-state index in [-0.39, 0.29) is 6.04 Å². The Morgan fingerprint density at radius 3 is 2.88 bits per heavy atom. The molecular formula is C13H20FN3. The van der Waals surface area contributed by atoms with Crippen molar-refractivity contribution in [2.24, 2.45) is 5.92 Å². The number of hydrogen-bond acceptors (Lipinski definition) is 2. The zero-order valence-electron chi connectivity index (χ0n) is 10.8. The van der Waals surface area contributed by atoms with Crippen molar-refractivity contribution in [3.8, 4) is 0 Å². The minimum atomic E-state index is -0.974. The van der Waals surface area contributed by atoms with Gasteiger partial charge in [-0.2, -0.15) is 5.10 Å². The molecule has 0 amide bonds. The molecule has 1 aliphatic heterocycles. The number of hydrogen-bond donors (Lipinski definition) is 0. The molecule has 0 saturated heterocycles. The van der Waals surface area contributed by atoms with Crippen molar-refractivity contribution in [3.05, 3.63) is 18.2 Å². The van der Waals surface area contributed by atoms with Gasteiger partial charge in [-0.25, -0.2) is 14.1 Å². The van der Waals surface area contributed by atoms with Crippen LogP contribution >= 0.6 is 0 Å². The second-order valence-corrected chi connectivity index (χ2v) is 5.11. The third-order valence-electron chi connectivity index (χ3n) is 3.34. The van der Waals surface area contributed by atoms with Crippen LogP contribution in [0.4, 0.5) is 4.39 Å². The van der Waals surface area contributed by atoms with Crippen LogP contribution in [0.5, 0.6) is 0 Å². The zero-order chi connectivity index (χ0) is 12.6. The lowest BCUT2D eigenvalue weighted by molar-refractivity contribution is 0.287. The lowest BCUT2D eigenvalue weighted by Gasteiger charge is -2.14. The monoisotopic (exact) mass is 237 g/mol. The maximum Gasteiger partial charge on any atom is 0.176 e. The fourth-order valence-corrected chi connectivity index (χ4v) is 2.33. The van der Waals surface area contributed by atoms with Gasteiger partial charge in [0.1, 0.15) is 0 Å². The summed E-state index contributed by atoms with van der Waals surface area (Å²) in [7, 11) is 0. The van der Waals surface area contributed by atoms with Gasteiger partial charge in [0.15, 0.2) is 17.8 Å². The standard InChI is InChI=1S/C13H20FN3/c1-5-6-9(4)12-15-13-10(14)7-11(8(2)3)17(13)16-12/h8,10-11H,4-7H2,1-3H3. The minimum absolute atomic E-state index is 0.135. The molecule has 1 aromatic heterocycles. The van der Waals surface area contributed by atoms with Crippen LogP contribution in [-0.4, -0.2) is 14.8 Å². The van der Waals surface area contributed by atoms with E-state index in [1.165, 1.54) is 0 Å². The van der Waals surface area contributed by atoms with Crippen molar-refractivity contribution in [2.75, 3.05) is 0 Å². The molecule has 0 fully saturated rings. The molecule has 0 radical (unpaired) electrons. The van der Waals surface area contributed by atoms with Crippen LogP contribution in [0.3, 0.4) is 0 Å². The third-order valence-corrected chi connectivity index (χ3v) is 3.34. The zero-order valence-corrected chi connectivity index (χ0v) is 10.8. The van der Waals surface area contributed by atoms with Gasteiger partial charge in [0, 0.05) is 6.42 Å². The van der Waals surface area contributed by atoms with Gasteiger partial charge in [0.25, 0.3) is 0 Å². The van der Waals surface area contributed by atoms with Gasteiger partial charge in [0.05, 0.1) is 6.04 Å². The number of rotatable bonds is 4. The lowest BCUT2D eigenvalue weighted by Crippen LogP contribution is -2.12. The molecule has 0 aromatic carbocycles. The van der Waals surface area contributed by atoms with E-state index in [1.807, 2.05) is 0 Å². The van der Waals surface area contributed by atoms with E-state index in [0.29, 0.717) is 24.0 Å². The van der Waals surface area contributed by atoms with Crippen LogP contribution in [-0.2, 0) is 0 Å². The van der Waals surface area contributed by atoms with E-state index in [9.17, 15) is 4.39 Å². The van der Waals surface area contributed by atoms with Crippen molar-refractivity contribution in [1.82, 2.24) is 14.8 Å². The van der Waals surface area contributed by atoms with E-state index in [2.05, 4.69) is 37.4 Å².